The number of para-hydroxylation sites is 1. The number of hydrogen-bond acceptors (Lipinski definition) is 8. The summed E-state index contributed by atoms with van der Waals surface area (Å²) in [5.74, 6) is 0.0511. The topological polar surface area (TPSA) is 117 Å². The van der Waals surface area contributed by atoms with Crippen molar-refractivity contribution in [3.63, 3.8) is 0 Å². The highest BCUT2D eigenvalue weighted by atomic mass is 35.5. The summed E-state index contributed by atoms with van der Waals surface area (Å²) in [7, 11) is 1.28. The lowest BCUT2D eigenvalue weighted by Gasteiger charge is -2.24. The Morgan fingerprint density at radius 2 is 1.92 bits per heavy atom. The fourth-order valence-electron chi connectivity index (χ4n) is 4.20. The molecule has 0 radical (unpaired) electrons. The van der Waals surface area contributed by atoms with Crippen LogP contribution >= 0.6 is 22.9 Å². The van der Waals surface area contributed by atoms with Crippen LogP contribution in [0.4, 0.5) is 5.69 Å². The molecule has 1 atom stereocenters. The predicted octanol–water partition coefficient (Wildman–Crippen LogP) is 4.23. The van der Waals surface area contributed by atoms with Crippen LogP contribution in [0.1, 0.15) is 24.3 Å². The molecular formula is C26H18ClN3O6S. The summed E-state index contributed by atoms with van der Waals surface area (Å²) in [4.78, 5) is 42.1. The van der Waals surface area contributed by atoms with Gasteiger partial charge in [-0.2, -0.15) is 0 Å². The number of fused-ring (bicyclic) bond motifs is 1. The predicted molar refractivity (Wildman–Crippen MR) is 138 cm³/mol. The molecule has 1 aliphatic rings. The summed E-state index contributed by atoms with van der Waals surface area (Å²) in [5, 5.41) is 11.9. The van der Waals surface area contributed by atoms with Gasteiger partial charge in [-0.3, -0.25) is 19.5 Å². The van der Waals surface area contributed by atoms with Gasteiger partial charge < -0.3 is 9.15 Å². The number of carbonyl (C=O) groups excluding carboxylic acids is 1. The van der Waals surface area contributed by atoms with Gasteiger partial charge in [0.2, 0.25) is 0 Å². The van der Waals surface area contributed by atoms with Gasteiger partial charge in [0.05, 0.1) is 39.4 Å². The van der Waals surface area contributed by atoms with E-state index in [1.807, 2.05) is 0 Å². The zero-order valence-corrected chi connectivity index (χ0v) is 21.1. The lowest BCUT2D eigenvalue weighted by molar-refractivity contribution is -0.384. The Bertz CT molecular complexity index is 1760. The average molecular weight is 536 g/mol. The van der Waals surface area contributed by atoms with Crippen LogP contribution < -0.4 is 14.9 Å². The van der Waals surface area contributed by atoms with Crippen molar-refractivity contribution in [3.05, 3.63) is 118 Å². The molecule has 11 heteroatoms. The van der Waals surface area contributed by atoms with Crippen molar-refractivity contribution >= 4 is 40.7 Å². The number of nitro groups is 1. The number of methoxy groups -OCH3 is 1. The second kappa shape index (κ2) is 9.64. The summed E-state index contributed by atoms with van der Waals surface area (Å²) >= 11 is 7.21. The molecule has 4 aromatic rings. The summed E-state index contributed by atoms with van der Waals surface area (Å²) in [5.41, 5.74) is 1.23. The number of rotatable bonds is 5. The second-order valence-electron chi connectivity index (χ2n) is 8.10. The fraction of sp³-hybridized carbons (Fsp3) is 0.115. The van der Waals surface area contributed by atoms with Gasteiger partial charge >= 0.3 is 5.97 Å². The first-order valence-corrected chi connectivity index (χ1v) is 12.2. The Morgan fingerprint density at radius 3 is 2.62 bits per heavy atom. The number of benzene rings is 2. The van der Waals surface area contributed by atoms with E-state index in [-0.39, 0.29) is 16.8 Å². The van der Waals surface area contributed by atoms with Crippen molar-refractivity contribution in [1.29, 1.82) is 0 Å². The Kier molecular flexibility index (Phi) is 6.36. The summed E-state index contributed by atoms with van der Waals surface area (Å²) < 4.78 is 12.6. The quantitative estimate of drug-likeness (QED) is 0.214. The van der Waals surface area contributed by atoms with Crippen LogP contribution in [0.15, 0.2) is 86.1 Å². The third-order valence-corrected chi connectivity index (χ3v) is 7.11. The molecule has 0 spiro atoms. The van der Waals surface area contributed by atoms with Gasteiger partial charge in [-0.15, -0.1) is 0 Å². The van der Waals surface area contributed by atoms with E-state index in [0.717, 1.165) is 11.3 Å². The van der Waals surface area contributed by atoms with E-state index in [9.17, 15) is 19.7 Å². The maximum Gasteiger partial charge on any atom is 0.338 e. The minimum absolute atomic E-state index is 0.0865. The number of allylic oxidation sites excluding steroid dienone is 1. The maximum absolute atomic E-state index is 13.6. The molecule has 186 valence electrons. The number of nitro benzene ring substituents is 1. The minimum Gasteiger partial charge on any atom is -0.466 e. The molecule has 2 aromatic heterocycles. The smallest absolute Gasteiger partial charge is 0.338 e. The highest BCUT2D eigenvalue weighted by Gasteiger charge is 2.33. The zero-order chi connectivity index (χ0) is 26.3. The van der Waals surface area contributed by atoms with Crippen molar-refractivity contribution in [1.82, 2.24) is 4.57 Å². The van der Waals surface area contributed by atoms with E-state index in [2.05, 4.69) is 4.99 Å². The van der Waals surface area contributed by atoms with E-state index in [1.165, 1.54) is 17.7 Å². The standard InChI is InChI=1S/C26H18ClN3O6S/c1-14-22(25(32)35-2)23(15-7-9-16(27)10-8-15)29-24(31)21(37-26(29)28-14)13-17-11-12-20(36-17)18-5-3-4-6-19(18)30(33)34/h3-13,23H,1-2H3/b21-13+. The molecule has 37 heavy (non-hydrogen) atoms. The molecule has 0 fully saturated rings. The molecule has 0 aliphatic carbocycles. The molecule has 5 rings (SSSR count). The van der Waals surface area contributed by atoms with Gasteiger partial charge in [-0.05, 0) is 42.8 Å². The third kappa shape index (κ3) is 4.41. The van der Waals surface area contributed by atoms with Gasteiger partial charge in [0.1, 0.15) is 11.5 Å². The van der Waals surface area contributed by atoms with Crippen molar-refractivity contribution in [2.24, 2.45) is 4.99 Å². The molecule has 0 N–H and O–H groups in total. The van der Waals surface area contributed by atoms with E-state index >= 15 is 0 Å². The van der Waals surface area contributed by atoms with E-state index in [0.29, 0.717) is 42.7 Å². The Balaban J connectivity index is 1.64. The molecule has 0 saturated carbocycles. The van der Waals surface area contributed by atoms with E-state index < -0.39 is 16.9 Å². The van der Waals surface area contributed by atoms with Gasteiger partial charge in [0.25, 0.3) is 11.2 Å². The SMILES string of the molecule is COC(=O)C1=C(C)N=c2s/c(=C/c3ccc(-c4ccccc4[N+](=O)[O-])o3)c(=O)n2C1c1ccc(Cl)cc1. The Morgan fingerprint density at radius 1 is 1.19 bits per heavy atom. The fourth-order valence-corrected chi connectivity index (χ4v) is 5.35. The summed E-state index contributed by atoms with van der Waals surface area (Å²) in [6.07, 6.45) is 1.55. The van der Waals surface area contributed by atoms with Crippen LogP contribution in [-0.2, 0) is 9.53 Å². The van der Waals surface area contributed by atoms with Crippen LogP contribution in [0.25, 0.3) is 17.4 Å². The number of esters is 1. The molecule has 2 aromatic carbocycles. The highest BCUT2D eigenvalue weighted by Crippen LogP contribution is 2.32. The lowest BCUT2D eigenvalue weighted by Crippen LogP contribution is -2.39. The molecule has 1 unspecified atom stereocenters. The highest BCUT2D eigenvalue weighted by molar-refractivity contribution is 7.07. The number of hydrogen-bond donors (Lipinski definition) is 0. The lowest BCUT2D eigenvalue weighted by atomic mass is 9.96. The maximum atomic E-state index is 13.6. The second-order valence-corrected chi connectivity index (χ2v) is 9.55. The number of halogens is 1. The summed E-state index contributed by atoms with van der Waals surface area (Å²) in [6.45, 7) is 1.69. The molecular weight excluding hydrogens is 518 g/mol. The van der Waals surface area contributed by atoms with Crippen molar-refractivity contribution < 1.29 is 18.9 Å². The largest absolute Gasteiger partial charge is 0.466 e. The first-order valence-electron chi connectivity index (χ1n) is 11.0. The monoisotopic (exact) mass is 535 g/mol. The zero-order valence-electron chi connectivity index (χ0n) is 19.5. The van der Waals surface area contributed by atoms with E-state index in [1.54, 1.807) is 67.6 Å². The Hall–Kier alpha value is -4.28. The Labute approximate surface area is 218 Å². The van der Waals surface area contributed by atoms with Gasteiger partial charge in [-0.25, -0.2) is 9.79 Å². The number of ether oxygens (including phenoxy) is 1. The van der Waals surface area contributed by atoms with Gasteiger partial charge in [0.15, 0.2) is 4.80 Å². The van der Waals surface area contributed by atoms with Gasteiger partial charge in [-0.1, -0.05) is 47.2 Å². The molecule has 0 amide bonds. The molecule has 0 bridgehead atoms. The molecule has 1 aliphatic heterocycles. The van der Waals surface area contributed by atoms with Crippen molar-refractivity contribution in [2.45, 2.75) is 13.0 Å². The van der Waals surface area contributed by atoms with Crippen LogP contribution in [-0.4, -0.2) is 22.6 Å². The average Bonchev–Trinajstić information content (AvgIpc) is 3.47. The normalized spacial score (nSPS) is 15.3. The molecule has 0 saturated heterocycles. The number of aromatic nitrogens is 1. The molecule has 9 nitrogen and oxygen atoms in total. The first-order chi connectivity index (χ1) is 17.8. The van der Waals surface area contributed by atoms with Crippen molar-refractivity contribution in [3.8, 4) is 11.3 Å². The number of carbonyl (C=O) groups is 1. The number of thiazole rings is 1. The van der Waals surface area contributed by atoms with E-state index in [4.69, 9.17) is 20.8 Å². The van der Waals surface area contributed by atoms with Crippen molar-refractivity contribution in [2.75, 3.05) is 7.11 Å². The minimum atomic E-state index is -0.762. The third-order valence-electron chi connectivity index (χ3n) is 5.88. The molecule has 3 heterocycles. The number of nitrogens with zero attached hydrogens (tertiary/aromatic N) is 3. The van der Waals surface area contributed by atoms with Crippen LogP contribution in [0.5, 0.6) is 0 Å². The van der Waals surface area contributed by atoms with Crippen LogP contribution in [0.3, 0.4) is 0 Å². The van der Waals surface area contributed by atoms with Gasteiger partial charge in [0, 0.05) is 17.2 Å². The summed E-state index contributed by atoms with van der Waals surface area (Å²) in [6, 6.07) is 15.6. The number of furan rings is 1. The first kappa shape index (κ1) is 24.4. The van der Waals surface area contributed by atoms with Crippen LogP contribution in [0.2, 0.25) is 5.02 Å². The van der Waals surface area contributed by atoms with Crippen LogP contribution in [0, 0.1) is 10.1 Å².